The molecule has 2 rings (SSSR count). The van der Waals surface area contributed by atoms with Crippen LogP contribution in [0, 0.1) is 11.2 Å². The number of benzene rings is 2. The van der Waals surface area contributed by atoms with Crippen molar-refractivity contribution in [3.63, 3.8) is 0 Å². The molecule has 0 radical (unpaired) electrons. The average Bonchev–Trinajstić information content (AvgIpc) is 2.41. The van der Waals surface area contributed by atoms with Gasteiger partial charge in [0.25, 0.3) is 0 Å². The fourth-order valence-corrected chi connectivity index (χ4v) is 2.15. The molecule has 20 heavy (non-hydrogen) atoms. The van der Waals surface area contributed by atoms with E-state index in [1.165, 1.54) is 6.07 Å². The molecular formula is C15H14BrFN2O. The second-order valence-corrected chi connectivity index (χ2v) is 5.24. The number of ether oxygens (including phenoxy) is 1. The first-order chi connectivity index (χ1) is 9.54. The summed E-state index contributed by atoms with van der Waals surface area (Å²) in [4.78, 5) is 0. The molecule has 0 aliphatic heterocycles. The molecule has 3 nitrogen and oxygen atoms in total. The van der Waals surface area contributed by atoms with Crippen LogP contribution in [0.1, 0.15) is 11.1 Å². The summed E-state index contributed by atoms with van der Waals surface area (Å²) in [6.45, 7) is 0.366. The molecule has 0 saturated carbocycles. The summed E-state index contributed by atoms with van der Waals surface area (Å²) in [6, 6.07) is 12.2. The Bertz CT molecular complexity index is 614. The highest BCUT2D eigenvalue weighted by Gasteiger charge is 2.02. The number of amidine groups is 1. The van der Waals surface area contributed by atoms with E-state index in [2.05, 4.69) is 15.9 Å². The normalized spacial score (nSPS) is 10.3. The van der Waals surface area contributed by atoms with E-state index < -0.39 is 0 Å². The van der Waals surface area contributed by atoms with Crippen molar-refractivity contribution in [2.45, 2.75) is 13.0 Å². The molecule has 2 aromatic carbocycles. The van der Waals surface area contributed by atoms with E-state index in [4.69, 9.17) is 15.9 Å². The molecule has 2 aromatic rings. The minimum Gasteiger partial charge on any atom is -0.489 e. The molecule has 0 aliphatic rings. The third kappa shape index (κ3) is 4.06. The first-order valence-electron chi connectivity index (χ1n) is 6.03. The van der Waals surface area contributed by atoms with Crippen molar-refractivity contribution in [2.24, 2.45) is 5.73 Å². The highest BCUT2D eigenvalue weighted by atomic mass is 79.9. The van der Waals surface area contributed by atoms with Crippen LogP contribution in [0.5, 0.6) is 5.75 Å². The lowest BCUT2D eigenvalue weighted by Gasteiger charge is -2.08. The first-order valence-corrected chi connectivity index (χ1v) is 6.82. The molecule has 0 spiro atoms. The number of hydrogen-bond donors (Lipinski definition) is 2. The van der Waals surface area contributed by atoms with Crippen molar-refractivity contribution >= 4 is 21.8 Å². The molecule has 0 bridgehead atoms. The summed E-state index contributed by atoms with van der Waals surface area (Å²) in [5, 5.41) is 7.23. The van der Waals surface area contributed by atoms with Crippen molar-refractivity contribution in [3.05, 3.63) is 63.9 Å². The van der Waals surface area contributed by atoms with Gasteiger partial charge in [0.15, 0.2) is 0 Å². The molecule has 0 unspecified atom stereocenters. The summed E-state index contributed by atoms with van der Waals surface area (Å²) in [7, 11) is 0. The Morgan fingerprint density at radius 1 is 1.15 bits per heavy atom. The van der Waals surface area contributed by atoms with Crippen molar-refractivity contribution < 1.29 is 9.13 Å². The lowest BCUT2D eigenvalue weighted by atomic mass is 10.1. The lowest BCUT2D eigenvalue weighted by molar-refractivity contribution is 0.306. The van der Waals surface area contributed by atoms with E-state index in [0.29, 0.717) is 17.5 Å². The Kier molecular flexibility index (Phi) is 4.74. The van der Waals surface area contributed by atoms with E-state index in [1.54, 1.807) is 12.1 Å². The largest absolute Gasteiger partial charge is 0.489 e. The Morgan fingerprint density at radius 3 is 2.40 bits per heavy atom. The summed E-state index contributed by atoms with van der Waals surface area (Å²) < 4.78 is 19.1. The molecule has 5 heteroatoms. The van der Waals surface area contributed by atoms with Crippen LogP contribution in [0.4, 0.5) is 4.39 Å². The summed E-state index contributed by atoms with van der Waals surface area (Å²) >= 11 is 3.14. The zero-order valence-electron chi connectivity index (χ0n) is 10.7. The fourth-order valence-electron chi connectivity index (χ4n) is 1.72. The van der Waals surface area contributed by atoms with Crippen molar-refractivity contribution in [1.82, 2.24) is 0 Å². The Balaban J connectivity index is 1.96. The fraction of sp³-hybridized carbons (Fsp3) is 0.133. The summed E-state index contributed by atoms with van der Waals surface area (Å²) in [5.41, 5.74) is 7.19. The van der Waals surface area contributed by atoms with E-state index in [9.17, 15) is 4.39 Å². The van der Waals surface area contributed by atoms with Gasteiger partial charge < -0.3 is 10.5 Å². The first kappa shape index (κ1) is 14.5. The van der Waals surface area contributed by atoms with Crippen molar-refractivity contribution in [3.8, 4) is 5.75 Å². The van der Waals surface area contributed by atoms with Gasteiger partial charge in [-0.05, 0) is 51.3 Å². The van der Waals surface area contributed by atoms with Gasteiger partial charge in [-0.15, -0.1) is 0 Å². The van der Waals surface area contributed by atoms with E-state index in [1.807, 2.05) is 24.3 Å². The molecule has 3 N–H and O–H groups in total. The number of halogens is 2. The van der Waals surface area contributed by atoms with Gasteiger partial charge in [-0.1, -0.05) is 18.2 Å². The van der Waals surface area contributed by atoms with Gasteiger partial charge in [-0.25, -0.2) is 4.39 Å². The zero-order valence-corrected chi connectivity index (χ0v) is 12.3. The summed E-state index contributed by atoms with van der Waals surface area (Å²) in [5.74, 6) is 0.565. The third-order valence-corrected chi connectivity index (χ3v) is 3.32. The summed E-state index contributed by atoms with van der Waals surface area (Å²) in [6.07, 6.45) is 0.436. The van der Waals surface area contributed by atoms with Crippen LogP contribution in [0.15, 0.2) is 46.9 Å². The Hall–Kier alpha value is -1.88. The van der Waals surface area contributed by atoms with Gasteiger partial charge in [0.1, 0.15) is 18.2 Å². The van der Waals surface area contributed by atoms with Crippen LogP contribution < -0.4 is 10.5 Å². The van der Waals surface area contributed by atoms with Gasteiger partial charge in [-0.2, -0.15) is 0 Å². The number of hydrogen-bond acceptors (Lipinski definition) is 2. The number of rotatable bonds is 5. The molecular weight excluding hydrogens is 323 g/mol. The smallest absolute Gasteiger partial charge is 0.137 e. The third-order valence-electron chi connectivity index (χ3n) is 2.71. The van der Waals surface area contributed by atoms with E-state index in [0.717, 1.165) is 16.9 Å². The monoisotopic (exact) mass is 336 g/mol. The second kappa shape index (κ2) is 6.52. The topological polar surface area (TPSA) is 59.1 Å². The highest BCUT2D eigenvalue weighted by Crippen LogP contribution is 2.19. The lowest BCUT2D eigenvalue weighted by Crippen LogP contribution is -2.12. The molecule has 0 aliphatic carbocycles. The van der Waals surface area contributed by atoms with E-state index >= 15 is 0 Å². The molecule has 104 valence electrons. The van der Waals surface area contributed by atoms with Gasteiger partial charge in [0, 0.05) is 6.42 Å². The molecule has 0 amide bonds. The van der Waals surface area contributed by atoms with Crippen LogP contribution in [0.2, 0.25) is 0 Å². The second-order valence-electron chi connectivity index (χ2n) is 4.38. The standard InChI is InChI=1S/C15H14BrFN2O/c16-13-7-11(3-6-14(13)17)9-20-12-4-1-10(2-5-12)8-15(18)19/h1-7H,8-9H2,(H3,18,19). The molecule has 0 saturated heterocycles. The predicted molar refractivity (Wildman–Crippen MR) is 80.5 cm³/mol. The minimum absolute atomic E-state index is 0.134. The zero-order chi connectivity index (χ0) is 14.5. The highest BCUT2D eigenvalue weighted by molar-refractivity contribution is 9.10. The maximum absolute atomic E-state index is 13.1. The van der Waals surface area contributed by atoms with Crippen LogP contribution in [0.3, 0.4) is 0 Å². The quantitative estimate of drug-likeness (QED) is 0.646. The van der Waals surface area contributed by atoms with Crippen LogP contribution in [-0.4, -0.2) is 5.84 Å². The number of nitrogens with two attached hydrogens (primary N) is 1. The van der Waals surface area contributed by atoms with Crippen molar-refractivity contribution in [2.75, 3.05) is 0 Å². The van der Waals surface area contributed by atoms with Gasteiger partial charge in [0.05, 0.1) is 10.3 Å². The van der Waals surface area contributed by atoms with Crippen LogP contribution >= 0.6 is 15.9 Å². The predicted octanol–water partition coefficient (Wildman–Crippen LogP) is 3.65. The molecule has 0 fully saturated rings. The molecule has 0 atom stereocenters. The van der Waals surface area contributed by atoms with E-state index in [-0.39, 0.29) is 11.7 Å². The molecule has 0 heterocycles. The minimum atomic E-state index is -0.290. The van der Waals surface area contributed by atoms with Crippen molar-refractivity contribution in [1.29, 1.82) is 5.41 Å². The Morgan fingerprint density at radius 2 is 1.80 bits per heavy atom. The maximum Gasteiger partial charge on any atom is 0.137 e. The Labute approximate surface area is 125 Å². The van der Waals surface area contributed by atoms with Crippen LogP contribution in [-0.2, 0) is 13.0 Å². The maximum atomic E-state index is 13.1. The SMILES string of the molecule is N=C(N)Cc1ccc(OCc2ccc(F)c(Br)c2)cc1. The van der Waals surface area contributed by atoms with Gasteiger partial charge >= 0.3 is 0 Å². The van der Waals surface area contributed by atoms with Gasteiger partial charge in [0.2, 0.25) is 0 Å². The van der Waals surface area contributed by atoms with Gasteiger partial charge in [-0.3, -0.25) is 5.41 Å². The van der Waals surface area contributed by atoms with Crippen LogP contribution in [0.25, 0.3) is 0 Å². The average molecular weight is 337 g/mol. The number of nitrogens with one attached hydrogen (secondary N) is 1. The molecule has 0 aromatic heterocycles.